The molecule has 0 saturated carbocycles. The van der Waals surface area contributed by atoms with Gasteiger partial charge in [0.15, 0.2) is 0 Å². The third-order valence-corrected chi connectivity index (χ3v) is 15.5. The number of hydrogen-bond acceptors (Lipinski definition) is 3. The van der Waals surface area contributed by atoms with Gasteiger partial charge in [-0.3, -0.25) is 0 Å². The molecule has 3 heterocycles. The second-order valence-electron chi connectivity index (χ2n) is 22.9. The molecule has 7 aromatic rings. The number of aryl methyl sites for hydroxylation is 1. The molecular formula is C61H63BN2O. The topological polar surface area (TPSA) is 15.7 Å². The van der Waals surface area contributed by atoms with Gasteiger partial charge in [-0.2, -0.15) is 0 Å². The minimum Gasteiger partial charge on any atom is -0.495 e. The summed E-state index contributed by atoms with van der Waals surface area (Å²) >= 11 is 0. The predicted molar refractivity (Wildman–Crippen MR) is 277 cm³/mol. The zero-order valence-corrected chi connectivity index (χ0v) is 40.3. The van der Waals surface area contributed by atoms with Crippen LogP contribution in [0.4, 0.5) is 28.4 Å². The summed E-state index contributed by atoms with van der Waals surface area (Å²) in [7, 11) is 0. The largest absolute Gasteiger partial charge is 0.495 e. The first-order chi connectivity index (χ1) is 30.9. The summed E-state index contributed by atoms with van der Waals surface area (Å²) < 4.78 is 7.52. The Hall–Kier alpha value is -6.00. The highest BCUT2D eigenvalue weighted by molar-refractivity contribution is 6.91. The van der Waals surface area contributed by atoms with Crippen molar-refractivity contribution in [1.82, 2.24) is 0 Å². The second kappa shape index (κ2) is 14.5. The molecule has 0 aromatic heterocycles. The third-order valence-electron chi connectivity index (χ3n) is 15.5. The van der Waals surface area contributed by atoms with Crippen LogP contribution in [0.15, 0.2) is 146 Å². The molecule has 7 aromatic carbocycles. The van der Waals surface area contributed by atoms with Gasteiger partial charge in [-0.05, 0) is 151 Å². The number of hydrogen-bond donors (Lipinski definition) is 0. The van der Waals surface area contributed by atoms with E-state index in [4.69, 9.17) is 4.74 Å². The minimum atomic E-state index is -0.173. The van der Waals surface area contributed by atoms with Gasteiger partial charge < -0.3 is 14.5 Å². The molecule has 4 aliphatic rings. The molecule has 11 rings (SSSR count). The highest BCUT2D eigenvalue weighted by atomic mass is 16.5. The molecule has 0 amide bonds. The van der Waals surface area contributed by atoms with Crippen molar-refractivity contribution in [3.8, 4) is 28.0 Å². The van der Waals surface area contributed by atoms with Gasteiger partial charge in [0, 0.05) is 33.9 Å². The normalized spacial score (nSPS) is 18.8. The molecule has 2 atom stereocenters. The Balaban J connectivity index is 1.20. The van der Waals surface area contributed by atoms with Gasteiger partial charge in [0.2, 0.25) is 0 Å². The molecule has 0 saturated heterocycles. The monoisotopic (exact) mass is 851 g/mol. The summed E-state index contributed by atoms with van der Waals surface area (Å²) in [5.41, 5.74) is 22.0. The van der Waals surface area contributed by atoms with Crippen molar-refractivity contribution in [2.75, 3.05) is 9.80 Å². The number of benzene rings is 7. The van der Waals surface area contributed by atoms with Gasteiger partial charge in [0.1, 0.15) is 11.8 Å². The maximum absolute atomic E-state index is 7.52. The van der Waals surface area contributed by atoms with Crippen molar-refractivity contribution in [2.24, 2.45) is 0 Å². The van der Waals surface area contributed by atoms with Crippen LogP contribution in [0, 0.1) is 6.92 Å². The number of nitrogens with zero attached hydrogens (tertiary/aromatic N) is 2. The molecule has 4 heteroatoms. The van der Waals surface area contributed by atoms with Gasteiger partial charge in [-0.25, -0.2) is 0 Å². The summed E-state index contributed by atoms with van der Waals surface area (Å²) in [6.07, 6.45) is 2.31. The van der Waals surface area contributed by atoms with E-state index in [1.54, 1.807) is 0 Å². The van der Waals surface area contributed by atoms with E-state index in [1.165, 1.54) is 95.0 Å². The minimum absolute atomic E-state index is 0.0140. The van der Waals surface area contributed by atoms with E-state index in [0.29, 0.717) is 0 Å². The van der Waals surface area contributed by atoms with Gasteiger partial charge in [0.05, 0.1) is 11.7 Å². The lowest BCUT2D eigenvalue weighted by molar-refractivity contribution is 0.282. The van der Waals surface area contributed by atoms with Gasteiger partial charge in [0.25, 0.3) is 6.71 Å². The molecule has 1 aliphatic carbocycles. The summed E-state index contributed by atoms with van der Waals surface area (Å²) in [5, 5.41) is 0. The van der Waals surface area contributed by atoms with Crippen molar-refractivity contribution in [3.05, 3.63) is 179 Å². The van der Waals surface area contributed by atoms with Crippen LogP contribution in [0.3, 0.4) is 0 Å². The highest BCUT2D eigenvalue weighted by Crippen LogP contribution is 2.55. The molecule has 0 spiro atoms. The van der Waals surface area contributed by atoms with Crippen LogP contribution in [0.5, 0.6) is 5.75 Å². The van der Waals surface area contributed by atoms with E-state index >= 15 is 0 Å². The smallest absolute Gasteiger partial charge is 0.267 e. The highest BCUT2D eigenvalue weighted by Gasteiger charge is 2.56. The fourth-order valence-electron chi connectivity index (χ4n) is 11.6. The fraction of sp³-hybridized carbons (Fsp3) is 0.311. The molecule has 3 aliphatic heterocycles. The van der Waals surface area contributed by atoms with Crippen molar-refractivity contribution in [3.63, 3.8) is 0 Å². The number of fused-ring (bicyclic) bond motifs is 7. The maximum atomic E-state index is 7.52. The Morgan fingerprint density at radius 1 is 0.554 bits per heavy atom. The first-order valence-electron chi connectivity index (χ1n) is 24.0. The van der Waals surface area contributed by atoms with Gasteiger partial charge >= 0.3 is 0 Å². The van der Waals surface area contributed by atoms with Crippen LogP contribution in [0.25, 0.3) is 22.3 Å². The maximum Gasteiger partial charge on any atom is 0.267 e. The zero-order valence-electron chi connectivity index (χ0n) is 40.3. The van der Waals surface area contributed by atoms with E-state index in [1.807, 2.05) is 0 Å². The van der Waals surface area contributed by atoms with Crippen LogP contribution in [0.2, 0.25) is 0 Å². The van der Waals surface area contributed by atoms with Crippen LogP contribution in [-0.2, 0) is 21.7 Å². The Morgan fingerprint density at radius 3 is 1.82 bits per heavy atom. The lowest BCUT2D eigenvalue weighted by atomic mass is 9.32. The number of para-hydroxylation sites is 1. The lowest BCUT2D eigenvalue weighted by Gasteiger charge is -2.50. The van der Waals surface area contributed by atoms with E-state index in [0.717, 1.165) is 18.6 Å². The molecule has 326 valence electrons. The van der Waals surface area contributed by atoms with Crippen LogP contribution >= 0.6 is 0 Å². The van der Waals surface area contributed by atoms with E-state index in [2.05, 4.69) is 232 Å². The molecule has 2 unspecified atom stereocenters. The fourth-order valence-corrected chi connectivity index (χ4v) is 11.6. The standard InChI is InChI=1S/C61H63BN2O/c1-38-32-52-55-53(33-38)64(50-28-27-43(59(5,6)7)35-45(50)40-18-14-12-15-19-40)51-37-48-47(60(8,9)30-31-61(48,10)11)36-49(51)62(55)57-56(63(52)44-20-16-13-17-21-44)46-34-41(24-29-54(46)65-57)39-22-25-42(26-23-39)58(2,3)4/h12-29,32-37,56-57H,30-31H2,1-11H3. The Morgan fingerprint density at radius 2 is 1.15 bits per heavy atom. The van der Waals surface area contributed by atoms with Gasteiger partial charge in [-0.15, -0.1) is 0 Å². The van der Waals surface area contributed by atoms with Crippen LogP contribution < -0.4 is 25.5 Å². The van der Waals surface area contributed by atoms with Gasteiger partial charge in [-0.1, -0.05) is 160 Å². The molecule has 0 bridgehead atoms. The molecule has 0 fully saturated rings. The Bertz CT molecular complexity index is 3010. The second-order valence-corrected chi connectivity index (χ2v) is 22.9. The SMILES string of the molecule is Cc1cc2c3c(c1)N(c1ccccc1)C1c4cc(-c5ccc(C(C)(C)C)cc5)ccc4OC1B3c1cc3c(cc1N2c1ccc(C(C)(C)C)cc1-c1ccccc1)C(C)(C)CCC3(C)C. The zero-order chi connectivity index (χ0) is 45.4. The first kappa shape index (κ1) is 41.7. The quantitative estimate of drug-likeness (QED) is 0.164. The average Bonchev–Trinajstić information content (AvgIpc) is 3.66. The van der Waals surface area contributed by atoms with Crippen LogP contribution in [-0.4, -0.2) is 12.7 Å². The number of rotatable bonds is 4. The lowest BCUT2D eigenvalue weighted by Crippen LogP contribution is -2.65. The summed E-state index contributed by atoms with van der Waals surface area (Å²) in [6.45, 7) is 25.9. The summed E-state index contributed by atoms with van der Waals surface area (Å²) in [4.78, 5) is 5.27. The molecule has 0 radical (unpaired) electrons. The summed E-state index contributed by atoms with van der Waals surface area (Å²) in [6, 6.07) is 55.4. The van der Waals surface area contributed by atoms with E-state index < -0.39 is 0 Å². The first-order valence-corrected chi connectivity index (χ1v) is 24.0. The molecule has 65 heavy (non-hydrogen) atoms. The van der Waals surface area contributed by atoms with Crippen LogP contribution in [0.1, 0.15) is 122 Å². The van der Waals surface area contributed by atoms with Crippen molar-refractivity contribution < 1.29 is 4.74 Å². The predicted octanol–water partition coefficient (Wildman–Crippen LogP) is 14.9. The van der Waals surface area contributed by atoms with E-state index in [-0.39, 0.29) is 40.4 Å². The number of ether oxygens (including phenoxy) is 1. The summed E-state index contributed by atoms with van der Waals surface area (Å²) in [5.74, 6) is 0.981. The van der Waals surface area contributed by atoms with E-state index in [9.17, 15) is 0 Å². The average molecular weight is 851 g/mol. The molecular weight excluding hydrogens is 787 g/mol. The molecule has 0 N–H and O–H groups in total. The molecule has 3 nitrogen and oxygen atoms in total. The van der Waals surface area contributed by atoms with Crippen molar-refractivity contribution >= 4 is 46.1 Å². The Kier molecular flexibility index (Phi) is 9.30. The Labute approximate surface area is 388 Å². The van der Waals surface area contributed by atoms with Crippen molar-refractivity contribution in [1.29, 1.82) is 0 Å². The van der Waals surface area contributed by atoms with Crippen molar-refractivity contribution in [2.45, 2.75) is 123 Å². The number of anilines is 5. The third kappa shape index (κ3) is 6.68.